The third-order valence-electron chi connectivity index (χ3n) is 5.28. The number of anilines is 1. The van der Waals surface area contributed by atoms with Crippen LogP contribution in [0.15, 0.2) is 53.9 Å². The molecule has 4 nitrogen and oxygen atoms in total. The van der Waals surface area contributed by atoms with Crippen molar-refractivity contribution in [3.63, 3.8) is 0 Å². The van der Waals surface area contributed by atoms with Crippen molar-refractivity contribution in [3.05, 3.63) is 87.1 Å². The second kappa shape index (κ2) is 8.93. The highest BCUT2D eigenvalue weighted by Gasteiger charge is 2.32. The predicted octanol–water partition coefficient (Wildman–Crippen LogP) is 4.76. The van der Waals surface area contributed by atoms with Gasteiger partial charge in [-0.2, -0.15) is 0 Å². The van der Waals surface area contributed by atoms with E-state index in [4.69, 9.17) is 4.74 Å². The first-order valence-electron chi connectivity index (χ1n) is 9.69. The van der Waals surface area contributed by atoms with Crippen molar-refractivity contribution in [2.75, 3.05) is 25.6 Å². The maximum atomic E-state index is 13.8. The van der Waals surface area contributed by atoms with Crippen LogP contribution in [0.2, 0.25) is 0 Å². The monoisotopic (exact) mass is 428 g/mol. The molecule has 156 valence electrons. The molecule has 3 aromatic rings. The highest BCUT2D eigenvalue weighted by atomic mass is 32.1. The van der Waals surface area contributed by atoms with Crippen molar-refractivity contribution < 1.29 is 18.3 Å². The number of halogens is 2. The number of thiophene rings is 1. The molecule has 7 heteroatoms. The first-order valence-corrected chi connectivity index (χ1v) is 10.6. The van der Waals surface area contributed by atoms with Gasteiger partial charge in [0.2, 0.25) is 5.91 Å². The lowest BCUT2D eigenvalue weighted by molar-refractivity contribution is -0.137. The standard InChI is InChI=1S/C23H22F2N2O2S/c1-29-14-22(28)27-10-8-21-19(9-11-30-21)23(27)15-3-6-18(7-4-15)26-13-16-2-5-17(24)12-20(16)25/h2-7,9,11-12,23,26H,8,10,13-14H2,1H3/t23-/m1/s1. The fraction of sp³-hybridized carbons (Fsp3) is 0.261. The van der Waals surface area contributed by atoms with Gasteiger partial charge in [-0.15, -0.1) is 11.3 Å². The summed E-state index contributed by atoms with van der Waals surface area (Å²) < 4.78 is 31.9. The number of rotatable bonds is 6. The predicted molar refractivity (Wildman–Crippen MR) is 114 cm³/mol. The van der Waals surface area contributed by atoms with Gasteiger partial charge in [-0.3, -0.25) is 4.79 Å². The van der Waals surface area contributed by atoms with Gasteiger partial charge in [-0.1, -0.05) is 18.2 Å². The summed E-state index contributed by atoms with van der Waals surface area (Å²) in [7, 11) is 1.53. The molecule has 1 aromatic heterocycles. The summed E-state index contributed by atoms with van der Waals surface area (Å²) in [5.74, 6) is -1.19. The summed E-state index contributed by atoms with van der Waals surface area (Å²) in [5, 5.41) is 5.22. The van der Waals surface area contributed by atoms with E-state index in [2.05, 4.69) is 16.8 Å². The van der Waals surface area contributed by atoms with Crippen molar-refractivity contribution in [1.82, 2.24) is 4.90 Å². The molecular weight excluding hydrogens is 406 g/mol. The Balaban J connectivity index is 1.53. The number of methoxy groups -OCH3 is 1. The van der Waals surface area contributed by atoms with E-state index in [1.165, 1.54) is 24.1 Å². The zero-order chi connectivity index (χ0) is 21.1. The Bertz CT molecular complexity index is 1040. The fourth-order valence-electron chi connectivity index (χ4n) is 3.80. The molecule has 0 saturated heterocycles. The molecular formula is C23H22F2N2O2S. The van der Waals surface area contributed by atoms with Crippen molar-refractivity contribution in [2.24, 2.45) is 0 Å². The number of nitrogens with one attached hydrogen (secondary N) is 1. The molecule has 0 saturated carbocycles. The Morgan fingerprint density at radius 1 is 1.20 bits per heavy atom. The van der Waals surface area contributed by atoms with Gasteiger partial charge in [0.25, 0.3) is 0 Å². The highest BCUT2D eigenvalue weighted by molar-refractivity contribution is 7.10. The second-order valence-electron chi connectivity index (χ2n) is 7.18. The largest absolute Gasteiger partial charge is 0.381 e. The normalized spacial score (nSPS) is 15.7. The first kappa shape index (κ1) is 20.5. The molecule has 0 radical (unpaired) electrons. The molecule has 0 bridgehead atoms. The van der Waals surface area contributed by atoms with E-state index in [9.17, 15) is 13.6 Å². The smallest absolute Gasteiger partial charge is 0.249 e. The van der Waals surface area contributed by atoms with Crippen LogP contribution in [-0.4, -0.2) is 31.1 Å². The quantitative estimate of drug-likeness (QED) is 0.616. The summed E-state index contributed by atoms with van der Waals surface area (Å²) in [6.45, 7) is 0.963. The van der Waals surface area contributed by atoms with Gasteiger partial charge < -0.3 is 15.0 Å². The Hall–Kier alpha value is -2.77. The van der Waals surface area contributed by atoms with Crippen molar-refractivity contribution in [2.45, 2.75) is 19.0 Å². The van der Waals surface area contributed by atoms with E-state index in [-0.39, 0.29) is 25.1 Å². The molecule has 30 heavy (non-hydrogen) atoms. The van der Waals surface area contributed by atoms with Crippen LogP contribution in [0.4, 0.5) is 14.5 Å². The minimum Gasteiger partial charge on any atom is -0.381 e. The Labute approximate surface area is 178 Å². The molecule has 1 atom stereocenters. The van der Waals surface area contributed by atoms with Gasteiger partial charge in [-0.25, -0.2) is 8.78 Å². The topological polar surface area (TPSA) is 41.6 Å². The molecule has 0 fully saturated rings. The lowest BCUT2D eigenvalue weighted by Crippen LogP contribution is -2.41. The zero-order valence-corrected chi connectivity index (χ0v) is 17.3. The van der Waals surface area contributed by atoms with E-state index in [1.807, 2.05) is 29.2 Å². The molecule has 4 rings (SSSR count). The lowest BCUT2D eigenvalue weighted by atomic mass is 9.93. The third-order valence-corrected chi connectivity index (χ3v) is 6.28. The van der Waals surface area contributed by atoms with Gasteiger partial charge >= 0.3 is 0 Å². The number of ether oxygens (including phenoxy) is 1. The maximum absolute atomic E-state index is 13.8. The Kier molecular flexibility index (Phi) is 6.11. The fourth-order valence-corrected chi connectivity index (χ4v) is 4.70. The summed E-state index contributed by atoms with van der Waals surface area (Å²) in [4.78, 5) is 15.8. The lowest BCUT2D eigenvalue weighted by Gasteiger charge is -2.36. The van der Waals surface area contributed by atoms with Crippen molar-refractivity contribution in [3.8, 4) is 0 Å². The molecule has 1 aliphatic heterocycles. The minimum absolute atomic E-state index is 0.0339. The van der Waals surface area contributed by atoms with Gasteiger partial charge in [-0.05, 0) is 47.2 Å². The molecule has 2 heterocycles. The second-order valence-corrected chi connectivity index (χ2v) is 8.18. The van der Waals surface area contributed by atoms with Gasteiger partial charge in [0.15, 0.2) is 0 Å². The van der Waals surface area contributed by atoms with Crippen LogP contribution >= 0.6 is 11.3 Å². The number of benzene rings is 2. The number of nitrogens with zero attached hydrogens (tertiary/aromatic N) is 1. The van der Waals surface area contributed by atoms with E-state index in [0.29, 0.717) is 12.1 Å². The number of hydrogen-bond acceptors (Lipinski definition) is 4. The van der Waals surface area contributed by atoms with Gasteiger partial charge in [0, 0.05) is 42.4 Å². The number of carbonyl (C=O) groups is 1. The van der Waals surface area contributed by atoms with Crippen LogP contribution in [0.1, 0.15) is 27.6 Å². The third kappa shape index (κ3) is 4.22. The van der Waals surface area contributed by atoms with Crippen LogP contribution in [0, 0.1) is 11.6 Å². The number of fused-ring (bicyclic) bond motifs is 1. The van der Waals surface area contributed by atoms with E-state index < -0.39 is 11.6 Å². The molecule has 1 aliphatic rings. The number of hydrogen-bond donors (Lipinski definition) is 1. The summed E-state index contributed by atoms with van der Waals surface area (Å²) in [5.41, 5.74) is 3.38. The van der Waals surface area contributed by atoms with Crippen LogP contribution in [0.25, 0.3) is 0 Å². The SMILES string of the molecule is COCC(=O)N1CCc2sccc2[C@H]1c1ccc(NCc2ccc(F)cc2F)cc1. The van der Waals surface area contributed by atoms with Crippen LogP contribution in [0.3, 0.4) is 0 Å². The first-order chi connectivity index (χ1) is 14.6. The molecule has 1 amide bonds. The number of amides is 1. The van der Waals surface area contributed by atoms with E-state index >= 15 is 0 Å². The molecule has 0 unspecified atom stereocenters. The van der Waals surface area contributed by atoms with Crippen LogP contribution in [-0.2, 0) is 22.5 Å². The summed E-state index contributed by atoms with van der Waals surface area (Å²) >= 11 is 1.72. The molecule has 0 aliphatic carbocycles. The number of carbonyl (C=O) groups excluding carboxylic acids is 1. The van der Waals surface area contributed by atoms with E-state index in [0.717, 1.165) is 29.3 Å². The molecule has 0 spiro atoms. The average molecular weight is 429 g/mol. The van der Waals surface area contributed by atoms with Crippen LogP contribution in [0.5, 0.6) is 0 Å². The minimum atomic E-state index is -0.589. The highest BCUT2D eigenvalue weighted by Crippen LogP contribution is 2.38. The van der Waals surface area contributed by atoms with Gasteiger partial charge in [0.1, 0.15) is 18.2 Å². The summed E-state index contributed by atoms with van der Waals surface area (Å²) in [6.07, 6.45) is 0.849. The average Bonchev–Trinajstić information content (AvgIpc) is 3.22. The van der Waals surface area contributed by atoms with E-state index in [1.54, 1.807) is 11.3 Å². The van der Waals surface area contributed by atoms with Crippen LogP contribution < -0.4 is 5.32 Å². The maximum Gasteiger partial charge on any atom is 0.249 e. The van der Waals surface area contributed by atoms with Gasteiger partial charge in [0.05, 0.1) is 6.04 Å². The Morgan fingerprint density at radius 3 is 2.73 bits per heavy atom. The Morgan fingerprint density at radius 2 is 2.00 bits per heavy atom. The summed E-state index contributed by atoms with van der Waals surface area (Å²) in [6, 6.07) is 13.3. The van der Waals surface area contributed by atoms with Crippen molar-refractivity contribution >= 4 is 22.9 Å². The molecule has 1 N–H and O–H groups in total. The van der Waals surface area contributed by atoms with Crippen molar-refractivity contribution in [1.29, 1.82) is 0 Å². The zero-order valence-electron chi connectivity index (χ0n) is 16.5. The molecule has 2 aromatic carbocycles.